The van der Waals surface area contributed by atoms with Crippen molar-refractivity contribution in [1.82, 2.24) is 9.88 Å². The van der Waals surface area contributed by atoms with Crippen LogP contribution in [0.25, 0.3) is 6.08 Å². The highest BCUT2D eigenvalue weighted by Crippen LogP contribution is 2.26. The second-order valence-corrected chi connectivity index (χ2v) is 4.07. The van der Waals surface area contributed by atoms with Gasteiger partial charge in [-0.15, -0.1) is 0 Å². The molecule has 17 heavy (non-hydrogen) atoms. The Kier molecular flexibility index (Phi) is 2.92. The molecule has 0 atom stereocenters. The van der Waals surface area contributed by atoms with E-state index in [1.54, 1.807) is 24.4 Å². The summed E-state index contributed by atoms with van der Waals surface area (Å²) in [4.78, 5) is 16.8. The largest absolute Gasteiger partial charge is 0.330 e. The second-order valence-electron chi connectivity index (χ2n) is 4.07. The summed E-state index contributed by atoms with van der Waals surface area (Å²) in [6, 6.07) is 3.49. The maximum absolute atomic E-state index is 12.6. The zero-order valence-corrected chi connectivity index (χ0v) is 9.20. The third-order valence-corrected chi connectivity index (χ3v) is 2.61. The molecule has 2 rings (SSSR count). The molecule has 1 aliphatic heterocycles. The van der Waals surface area contributed by atoms with Gasteiger partial charge in [0.25, 0.3) is 5.92 Å². The molecule has 90 valence electrons. The number of carbonyl (C=O) groups excluding carboxylic acids is 1. The number of hydrogen-bond donors (Lipinski definition) is 0. The molecule has 0 spiro atoms. The standard InChI is InChI=1S/C12H12F2N2O/c1-2-9-3-4-10(15-6-9)5-11(17)16-7-12(13,14)8-16/h2-4,6H,1,5,7-8H2. The molecule has 0 saturated carbocycles. The van der Waals surface area contributed by atoms with Gasteiger partial charge in [0.2, 0.25) is 5.91 Å². The van der Waals surface area contributed by atoms with Crippen LogP contribution in [-0.4, -0.2) is 34.8 Å². The Hall–Kier alpha value is -1.78. The van der Waals surface area contributed by atoms with Crippen LogP contribution < -0.4 is 0 Å². The normalized spacial score (nSPS) is 17.4. The molecule has 1 aromatic heterocycles. The molecular weight excluding hydrogens is 226 g/mol. The first kappa shape index (κ1) is 11.7. The molecule has 0 bridgehead atoms. The maximum atomic E-state index is 12.6. The van der Waals surface area contributed by atoms with E-state index in [-0.39, 0.29) is 12.3 Å². The van der Waals surface area contributed by atoms with E-state index < -0.39 is 19.0 Å². The van der Waals surface area contributed by atoms with Crippen LogP contribution in [0.2, 0.25) is 0 Å². The number of aromatic nitrogens is 1. The Morgan fingerprint density at radius 2 is 2.24 bits per heavy atom. The van der Waals surface area contributed by atoms with Crippen LogP contribution in [0.5, 0.6) is 0 Å². The number of hydrogen-bond acceptors (Lipinski definition) is 2. The first-order valence-electron chi connectivity index (χ1n) is 5.23. The fraction of sp³-hybridized carbons (Fsp3) is 0.333. The van der Waals surface area contributed by atoms with Crippen molar-refractivity contribution < 1.29 is 13.6 Å². The molecule has 0 N–H and O–H groups in total. The molecule has 0 aromatic carbocycles. The molecule has 1 fully saturated rings. The molecule has 5 heteroatoms. The number of carbonyl (C=O) groups is 1. The number of halogens is 2. The van der Waals surface area contributed by atoms with Crippen molar-refractivity contribution in [3.63, 3.8) is 0 Å². The van der Waals surface area contributed by atoms with Crippen LogP contribution >= 0.6 is 0 Å². The molecule has 0 radical (unpaired) electrons. The van der Waals surface area contributed by atoms with Crippen molar-refractivity contribution in [3.05, 3.63) is 36.2 Å². The zero-order chi connectivity index (χ0) is 12.5. The number of likely N-dealkylation sites (tertiary alicyclic amines) is 1. The summed E-state index contributed by atoms with van der Waals surface area (Å²) in [6.07, 6.45) is 3.31. The Balaban J connectivity index is 1.92. The van der Waals surface area contributed by atoms with Crippen molar-refractivity contribution >= 4 is 12.0 Å². The van der Waals surface area contributed by atoms with E-state index in [1.807, 2.05) is 0 Å². The SMILES string of the molecule is C=Cc1ccc(CC(=O)N2CC(F)(F)C2)nc1. The smallest absolute Gasteiger partial charge is 0.282 e. The van der Waals surface area contributed by atoms with Crippen LogP contribution in [0, 0.1) is 0 Å². The molecular formula is C12H12F2N2O. The van der Waals surface area contributed by atoms with E-state index in [0.717, 1.165) is 10.5 Å². The summed E-state index contributed by atoms with van der Waals surface area (Å²) in [6.45, 7) is 2.64. The van der Waals surface area contributed by atoms with E-state index in [1.165, 1.54) is 0 Å². The lowest BCUT2D eigenvalue weighted by Crippen LogP contribution is -2.58. The molecule has 1 aliphatic rings. The molecule has 0 aliphatic carbocycles. The number of rotatable bonds is 3. The number of nitrogens with zero attached hydrogens (tertiary/aromatic N) is 2. The molecule has 0 unspecified atom stereocenters. The Labute approximate surface area is 97.8 Å². The van der Waals surface area contributed by atoms with E-state index in [9.17, 15) is 13.6 Å². The second kappa shape index (κ2) is 4.24. The van der Waals surface area contributed by atoms with Gasteiger partial charge in [-0.05, 0) is 11.6 Å². The minimum absolute atomic E-state index is 0.0630. The van der Waals surface area contributed by atoms with Gasteiger partial charge in [0.05, 0.1) is 19.5 Å². The minimum atomic E-state index is -2.71. The fourth-order valence-corrected chi connectivity index (χ4v) is 1.62. The summed E-state index contributed by atoms with van der Waals surface area (Å²) in [5.41, 5.74) is 1.44. The monoisotopic (exact) mass is 238 g/mol. The number of amides is 1. The Morgan fingerprint density at radius 3 is 2.71 bits per heavy atom. The first-order chi connectivity index (χ1) is 8.00. The topological polar surface area (TPSA) is 33.2 Å². The average Bonchev–Trinajstić information content (AvgIpc) is 2.26. The summed E-state index contributed by atoms with van der Waals surface area (Å²) in [7, 11) is 0. The average molecular weight is 238 g/mol. The van der Waals surface area contributed by atoms with Crippen LogP contribution in [0.1, 0.15) is 11.3 Å². The van der Waals surface area contributed by atoms with Crippen LogP contribution in [0.4, 0.5) is 8.78 Å². The highest BCUT2D eigenvalue weighted by atomic mass is 19.3. The third kappa shape index (κ3) is 2.67. The van der Waals surface area contributed by atoms with E-state index >= 15 is 0 Å². The van der Waals surface area contributed by atoms with Gasteiger partial charge in [-0.1, -0.05) is 18.7 Å². The number of pyridine rings is 1. The Morgan fingerprint density at radius 1 is 1.53 bits per heavy atom. The first-order valence-corrected chi connectivity index (χ1v) is 5.23. The van der Waals surface area contributed by atoms with Crippen molar-refractivity contribution in [2.24, 2.45) is 0 Å². The minimum Gasteiger partial charge on any atom is -0.330 e. The summed E-state index contributed by atoms with van der Waals surface area (Å²) >= 11 is 0. The summed E-state index contributed by atoms with van der Waals surface area (Å²) < 4.78 is 25.1. The summed E-state index contributed by atoms with van der Waals surface area (Å²) in [5, 5.41) is 0. The Bertz CT molecular complexity index is 434. The van der Waals surface area contributed by atoms with Gasteiger partial charge >= 0.3 is 0 Å². The summed E-state index contributed by atoms with van der Waals surface area (Å²) in [5.74, 6) is -3.02. The molecule has 1 aromatic rings. The molecule has 1 saturated heterocycles. The van der Waals surface area contributed by atoms with Crippen molar-refractivity contribution in [2.75, 3.05) is 13.1 Å². The van der Waals surface area contributed by atoms with Gasteiger partial charge in [-0.25, -0.2) is 8.78 Å². The van der Waals surface area contributed by atoms with Gasteiger partial charge in [-0.2, -0.15) is 0 Å². The van der Waals surface area contributed by atoms with Gasteiger partial charge in [-0.3, -0.25) is 9.78 Å². The predicted octanol–water partition coefficient (Wildman–Crippen LogP) is 1.74. The number of alkyl halides is 2. The fourth-order valence-electron chi connectivity index (χ4n) is 1.62. The maximum Gasteiger partial charge on any atom is 0.282 e. The lowest BCUT2D eigenvalue weighted by Gasteiger charge is -2.38. The molecule has 3 nitrogen and oxygen atoms in total. The van der Waals surface area contributed by atoms with E-state index in [2.05, 4.69) is 11.6 Å². The van der Waals surface area contributed by atoms with Gasteiger partial charge in [0.15, 0.2) is 0 Å². The van der Waals surface area contributed by atoms with Crippen molar-refractivity contribution in [1.29, 1.82) is 0 Å². The van der Waals surface area contributed by atoms with E-state index in [0.29, 0.717) is 5.69 Å². The lowest BCUT2D eigenvalue weighted by molar-refractivity contribution is -0.165. The van der Waals surface area contributed by atoms with Crippen LogP contribution in [0.3, 0.4) is 0 Å². The predicted molar refractivity (Wildman–Crippen MR) is 59.6 cm³/mol. The van der Waals surface area contributed by atoms with Crippen molar-refractivity contribution in [2.45, 2.75) is 12.3 Å². The van der Waals surface area contributed by atoms with Gasteiger partial charge in [0, 0.05) is 11.9 Å². The zero-order valence-electron chi connectivity index (χ0n) is 9.20. The van der Waals surface area contributed by atoms with Crippen LogP contribution in [0.15, 0.2) is 24.9 Å². The molecule has 1 amide bonds. The van der Waals surface area contributed by atoms with Crippen molar-refractivity contribution in [3.8, 4) is 0 Å². The molecule has 2 heterocycles. The van der Waals surface area contributed by atoms with Gasteiger partial charge in [0.1, 0.15) is 0 Å². The highest BCUT2D eigenvalue weighted by Gasteiger charge is 2.45. The van der Waals surface area contributed by atoms with Crippen LogP contribution in [-0.2, 0) is 11.2 Å². The highest BCUT2D eigenvalue weighted by molar-refractivity contribution is 5.79. The quantitative estimate of drug-likeness (QED) is 0.803. The lowest BCUT2D eigenvalue weighted by atomic mass is 10.1. The van der Waals surface area contributed by atoms with E-state index in [4.69, 9.17) is 0 Å². The third-order valence-electron chi connectivity index (χ3n) is 2.61. The van der Waals surface area contributed by atoms with Gasteiger partial charge < -0.3 is 4.90 Å².